The number of rotatable bonds is 6. The van der Waals surface area contributed by atoms with E-state index in [2.05, 4.69) is 51.1 Å². The topological polar surface area (TPSA) is 64.5 Å². The van der Waals surface area contributed by atoms with Crippen molar-refractivity contribution in [1.82, 2.24) is 19.8 Å². The molecule has 2 aliphatic rings. The Balaban J connectivity index is 1.44. The second kappa shape index (κ2) is 10.3. The molecular formula is C28H37N5O. The van der Waals surface area contributed by atoms with Crippen molar-refractivity contribution in [1.29, 1.82) is 0 Å². The average Bonchev–Trinajstić information content (AvgIpc) is 2.85. The lowest BCUT2D eigenvalue weighted by molar-refractivity contribution is 0.179. The van der Waals surface area contributed by atoms with Crippen LogP contribution in [-0.4, -0.2) is 51.1 Å². The maximum absolute atomic E-state index is 11.3. The number of para-hydroxylation sites is 1. The summed E-state index contributed by atoms with van der Waals surface area (Å²) in [4.78, 5) is 13.9. The fourth-order valence-corrected chi connectivity index (χ4v) is 5.24. The number of hydrogen-bond acceptors (Lipinski definition) is 6. The van der Waals surface area contributed by atoms with E-state index < -0.39 is 0 Å². The number of nitrogens with one attached hydrogen (secondary N) is 1. The van der Waals surface area contributed by atoms with Gasteiger partial charge in [-0.05, 0) is 88.0 Å². The van der Waals surface area contributed by atoms with E-state index in [0.717, 1.165) is 84.6 Å². The van der Waals surface area contributed by atoms with Gasteiger partial charge >= 0.3 is 0 Å². The molecule has 2 aromatic carbocycles. The highest BCUT2D eigenvalue weighted by Gasteiger charge is 2.21. The number of hydrogen-bond donors (Lipinski definition) is 2. The summed E-state index contributed by atoms with van der Waals surface area (Å²) >= 11 is 0. The fourth-order valence-electron chi connectivity index (χ4n) is 5.24. The summed E-state index contributed by atoms with van der Waals surface area (Å²) in [6, 6.07) is 12.3. The largest absolute Gasteiger partial charge is 0.507 e. The molecule has 34 heavy (non-hydrogen) atoms. The monoisotopic (exact) mass is 459 g/mol. The van der Waals surface area contributed by atoms with Crippen LogP contribution in [-0.2, 0) is 13.1 Å². The van der Waals surface area contributed by atoms with Gasteiger partial charge in [0.25, 0.3) is 0 Å². The van der Waals surface area contributed by atoms with Gasteiger partial charge in [0.1, 0.15) is 17.9 Å². The lowest BCUT2D eigenvalue weighted by Crippen LogP contribution is -2.33. The summed E-state index contributed by atoms with van der Waals surface area (Å²) in [5.41, 5.74) is 3.89. The molecule has 2 fully saturated rings. The first-order valence-electron chi connectivity index (χ1n) is 12.8. The van der Waals surface area contributed by atoms with Gasteiger partial charge in [-0.25, -0.2) is 9.97 Å². The van der Waals surface area contributed by atoms with Gasteiger partial charge < -0.3 is 10.4 Å². The molecule has 2 saturated heterocycles. The van der Waals surface area contributed by atoms with E-state index in [1.807, 2.05) is 24.3 Å². The van der Waals surface area contributed by atoms with Crippen LogP contribution < -0.4 is 5.32 Å². The van der Waals surface area contributed by atoms with Gasteiger partial charge in [-0.2, -0.15) is 0 Å². The van der Waals surface area contributed by atoms with Crippen molar-refractivity contribution in [2.75, 3.05) is 31.5 Å². The molecule has 0 unspecified atom stereocenters. The maximum atomic E-state index is 11.3. The van der Waals surface area contributed by atoms with Crippen LogP contribution in [0.25, 0.3) is 10.9 Å². The zero-order valence-electron chi connectivity index (χ0n) is 20.5. The Morgan fingerprint density at radius 1 is 0.853 bits per heavy atom. The molecule has 3 aromatic rings. The van der Waals surface area contributed by atoms with E-state index in [1.165, 1.54) is 25.7 Å². The van der Waals surface area contributed by atoms with Gasteiger partial charge in [-0.1, -0.05) is 26.0 Å². The van der Waals surface area contributed by atoms with Gasteiger partial charge in [0.2, 0.25) is 0 Å². The molecule has 0 atom stereocenters. The van der Waals surface area contributed by atoms with E-state index in [9.17, 15) is 5.11 Å². The Morgan fingerprint density at radius 3 is 2.00 bits per heavy atom. The third kappa shape index (κ3) is 5.34. The van der Waals surface area contributed by atoms with E-state index in [-0.39, 0.29) is 0 Å². The molecule has 2 N–H and O–H groups in total. The number of phenols is 1. The van der Waals surface area contributed by atoms with Gasteiger partial charge in [-0.3, -0.25) is 9.80 Å². The Kier molecular flexibility index (Phi) is 6.97. The molecule has 0 spiro atoms. The van der Waals surface area contributed by atoms with Crippen LogP contribution in [0.4, 0.5) is 11.5 Å². The summed E-state index contributed by atoms with van der Waals surface area (Å²) in [6.45, 7) is 10.6. The average molecular weight is 460 g/mol. The van der Waals surface area contributed by atoms with Crippen molar-refractivity contribution in [3.05, 3.63) is 53.9 Å². The number of aromatic nitrogens is 2. The highest BCUT2D eigenvalue weighted by atomic mass is 16.3. The lowest BCUT2D eigenvalue weighted by Gasteiger charge is -2.32. The second-order valence-corrected chi connectivity index (χ2v) is 10.4. The normalized spacial score (nSPS) is 19.0. The molecule has 0 amide bonds. The van der Waals surface area contributed by atoms with Crippen molar-refractivity contribution in [2.24, 2.45) is 11.8 Å². The highest BCUT2D eigenvalue weighted by molar-refractivity contribution is 5.90. The number of fused-ring (bicyclic) bond motifs is 1. The first-order chi connectivity index (χ1) is 16.5. The summed E-state index contributed by atoms with van der Waals surface area (Å²) in [7, 11) is 0. The number of phenolic OH excluding ortho intramolecular Hbond substituents is 1. The van der Waals surface area contributed by atoms with Crippen LogP contribution in [0.5, 0.6) is 5.75 Å². The molecule has 5 rings (SSSR count). The molecule has 2 aliphatic heterocycles. The molecule has 0 radical (unpaired) electrons. The van der Waals surface area contributed by atoms with Gasteiger partial charge in [0.15, 0.2) is 0 Å². The quantitative estimate of drug-likeness (QED) is 0.472. The molecule has 3 heterocycles. The standard InChI is InChI=1S/C28H37N5O/c1-20-7-11-32(12-8-20)17-22-15-24(31-28-25-5-3-4-6-26(25)29-19-30-28)16-23(27(22)34)18-33-13-9-21(2)10-14-33/h3-6,15-16,19-21,34H,7-14,17-18H2,1-2H3,(H,29,30,31). The molecule has 1 aromatic heterocycles. The first-order valence-corrected chi connectivity index (χ1v) is 12.8. The zero-order valence-corrected chi connectivity index (χ0v) is 20.5. The Labute approximate surface area is 203 Å². The number of nitrogens with zero attached hydrogens (tertiary/aromatic N) is 4. The van der Waals surface area contributed by atoms with E-state index in [0.29, 0.717) is 5.75 Å². The van der Waals surface area contributed by atoms with E-state index in [1.54, 1.807) is 6.33 Å². The predicted octanol–water partition coefficient (Wildman–Crippen LogP) is 5.54. The minimum absolute atomic E-state index is 0.454. The van der Waals surface area contributed by atoms with Crippen LogP contribution in [0.15, 0.2) is 42.7 Å². The van der Waals surface area contributed by atoms with Crippen LogP contribution in [0.3, 0.4) is 0 Å². The number of aromatic hydroxyl groups is 1. The first kappa shape index (κ1) is 23.1. The predicted molar refractivity (Wildman–Crippen MR) is 138 cm³/mol. The van der Waals surface area contributed by atoms with E-state index >= 15 is 0 Å². The Morgan fingerprint density at radius 2 is 1.41 bits per heavy atom. The van der Waals surface area contributed by atoms with Crippen molar-refractivity contribution in [3.8, 4) is 5.75 Å². The fraction of sp³-hybridized carbons (Fsp3) is 0.500. The van der Waals surface area contributed by atoms with E-state index in [4.69, 9.17) is 0 Å². The zero-order chi connectivity index (χ0) is 23.5. The minimum atomic E-state index is 0.454. The SMILES string of the molecule is CC1CCN(Cc2cc(Nc3ncnc4ccccc34)cc(CN3CCC(C)CC3)c2O)CC1. The van der Waals surface area contributed by atoms with Crippen molar-refractivity contribution < 1.29 is 5.11 Å². The highest BCUT2D eigenvalue weighted by Crippen LogP contribution is 2.33. The molecular weight excluding hydrogens is 422 g/mol. The van der Waals surface area contributed by atoms with Crippen molar-refractivity contribution in [2.45, 2.75) is 52.6 Å². The maximum Gasteiger partial charge on any atom is 0.141 e. The molecule has 0 saturated carbocycles. The molecule has 0 bridgehead atoms. The lowest BCUT2D eigenvalue weighted by atomic mass is 9.97. The van der Waals surface area contributed by atoms with Crippen LogP contribution in [0.2, 0.25) is 0 Å². The summed E-state index contributed by atoms with van der Waals surface area (Å²) in [6.07, 6.45) is 6.51. The number of benzene rings is 2. The van der Waals surface area contributed by atoms with Crippen LogP contribution in [0, 0.1) is 11.8 Å². The summed E-state index contributed by atoms with van der Waals surface area (Å²) < 4.78 is 0. The van der Waals surface area contributed by atoms with Crippen LogP contribution >= 0.6 is 0 Å². The number of anilines is 2. The number of likely N-dealkylation sites (tertiary alicyclic amines) is 2. The summed E-state index contributed by atoms with van der Waals surface area (Å²) in [5, 5.41) is 15.9. The molecule has 0 aliphatic carbocycles. The smallest absolute Gasteiger partial charge is 0.141 e. The Bertz CT molecular complexity index is 1070. The molecule has 6 nitrogen and oxygen atoms in total. The second-order valence-electron chi connectivity index (χ2n) is 10.4. The minimum Gasteiger partial charge on any atom is -0.507 e. The van der Waals surface area contributed by atoms with Crippen LogP contribution in [0.1, 0.15) is 50.7 Å². The van der Waals surface area contributed by atoms with Crippen molar-refractivity contribution >= 4 is 22.4 Å². The van der Waals surface area contributed by atoms with Gasteiger partial charge in [0, 0.05) is 35.3 Å². The Hall–Kier alpha value is -2.70. The number of piperidine rings is 2. The molecule has 180 valence electrons. The summed E-state index contributed by atoms with van der Waals surface area (Å²) in [5.74, 6) is 2.84. The van der Waals surface area contributed by atoms with Crippen molar-refractivity contribution in [3.63, 3.8) is 0 Å². The third-order valence-corrected chi connectivity index (χ3v) is 7.61. The van der Waals surface area contributed by atoms with Gasteiger partial charge in [0.05, 0.1) is 5.52 Å². The third-order valence-electron chi connectivity index (χ3n) is 7.61. The molecule has 6 heteroatoms. The van der Waals surface area contributed by atoms with Gasteiger partial charge in [-0.15, -0.1) is 0 Å².